The first-order chi connectivity index (χ1) is 9.31. The predicted molar refractivity (Wildman–Crippen MR) is 76.6 cm³/mol. The van der Waals surface area contributed by atoms with Crippen molar-refractivity contribution in [2.24, 2.45) is 0 Å². The molecule has 0 amide bonds. The average Bonchev–Trinajstić information content (AvgIpc) is 2.48. The lowest BCUT2D eigenvalue weighted by molar-refractivity contribution is 0.416. The van der Waals surface area contributed by atoms with Gasteiger partial charge in [0.05, 0.1) is 7.11 Å². The number of fused-ring (bicyclic) bond motifs is 1. The zero-order valence-corrected chi connectivity index (χ0v) is 10.5. The van der Waals surface area contributed by atoms with E-state index in [1.165, 1.54) is 0 Å². The van der Waals surface area contributed by atoms with Gasteiger partial charge in [-0.1, -0.05) is 30.3 Å². The SMILES string of the molecule is COc1ccccc1-c1c[nH]c2ccccc2c1=O. The number of pyridine rings is 1. The number of hydrogen-bond donors (Lipinski definition) is 1. The molecule has 1 heterocycles. The molecular formula is C16H13NO2. The number of nitrogens with one attached hydrogen (secondary N) is 1. The van der Waals surface area contributed by atoms with Crippen LogP contribution in [0.3, 0.4) is 0 Å². The number of benzene rings is 2. The number of aromatic amines is 1. The van der Waals surface area contributed by atoms with E-state index in [2.05, 4.69) is 4.98 Å². The van der Waals surface area contributed by atoms with Crippen molar-refractivity contribution >= 4 is 10.9 Å². The highest BCUT2D eigenvalue weighted by Crippen LogP contribution is 2.27. The Labute approximate surface area is 110 Å². The summed E-state index contributed by atoms with van der Waals surface area (Å²) in [6, 6.07) is 15.0. The van der Waals surface area contributed by atoms with Gasteiger partial charge in [0.1, 0.15) is 5.75 Å². The Kier molecular flexibility index (Phi) is 2.80. The molecule has 0 atom stereocenters. The van der Waals surface area contributed by atoms with Crippen LogP contribution in [0.2, 0.25) is 0 Å². The molecule has 3 nitrogen and oxygen atoms in total. The predicted octanol–water partition coefficient (Wildman–Crippen LogP) is 3.20. The fourth-order valence-corrected chi connectivity index (χ4v) is 2.23. The van der Waals surface area contributed by atoms with Gasteiger partial charge in [-0.15, -0.1) is 0 Å². The number of para-hydroxylation sites is 2. The molecule has 0 aliphatic heterocycles. The van der Waals surface area contributed by atoms with Crippen molar-refractivity contribution in [3.05, 3.63) is 65.0 Å². The van der Waals surface area contributed by atoms with Crippen molar-refractivity contribution in [2.45, 2.75) is 0 Å². The summed E-state index contributed by atoms with van der Waals surface area (Å²) in [5.74, 6) is 0.697. The van der Waals surface area contributed by atoms with Crippen LogP contribution in [0.15, 0.2) is 59.5 Å². The molecule has 0 saturated carbocycles. The Balaban J connectivity index is 2.32. The molecule has 19 heavy (non-hydrogen) atoms. The van der Waals surface area contributed by atoms with E-state index < -0.39 is 0 Å². The molecule has 3 rings (SSSR count). The zero-order chi connectivity index (χ0) is 13.2. The van der Waals surface area contributed by atoms with Gasteiger partial charge in [0, 0.05) is 28.2 Å². The minimum atomic E-state index is 0.0128. The maximum Gasteiger partial charge on any atom is 0.197 e. The molecular weight excluding hydrogens is 238 g/mol. The third-order valence-corrected chi connectivity index (χ3v) is 3.19. The normalized spacial score (nSPS) is 10.6. The minimum Gasteiger partial charge on any atom is -0.496 e. The number of H-pyrrole nitrogens is 1. The second-order valence-electron chi connectivity index (χ2n) is 4.28. The van der Waals surface area contributed by atoms with Gasteiger partial charge in [-0.25, -0.2) is 0 Å². The van der Waals surface area contributed by atoms with Gasteiger partial charge in [0.25, 0.3) is 0 Å². The number of rotatable bonds is 2. The van der Waals surface area contributed by atoms with Gasteiger partial charge in [0.2, 0.25) is 0 Å². The Morgan fingerprint density at radius 2 is 1.68 bits per heavy atom. The standard InChI is InChI=1S/C16H13NO2/c1-19-15-9-5-3-6-11(15)13-10-17-14-8-4-2-7-12(14)16(13)18/h2-10H,1H3,(H,17,18). The fraction of sp³-hybridized carbons (Fsp3) is 0.0625. The molecule has 0 aliphatic carbocycles. The van der Waals surface area contributed by atoms with Crippen LogP contribution in [-0.2, 0) is 0 Å². The van der Waals surface area contributed by atoms with Crippen LogP contribution in [0.1, 0.15) is 0 Å². The van der Waals surface area contributed by atoms with Gasteiger partial charge in [-0.3, -0.25) is 4.79 Å². The van der Waals surface area contributed by atoms with Gasteiger partial charge in [-0.05, 0) is 18.2 Å². The topological polar surface area (TPSA) is 42.1 Å². The summed E-state index contributed by atoms with van der Waals surface area (Å²) in [6.07, 6.45) is 1.74. The van der Waals surface area contributed by atoms with Crippen molar-refractivity contribution in [3.63, 3.8) is 0 Å². The van der Waals surface area contributed by atoms with Crippen LogP contribution in [-0.4, -0.2) is 12.1 Å². The highest BCUT2D eigenvalue weighted by atomic mass is 16.5. The Bertz CT molecular complexity index is 790. The van der Waals surface area contributed by atoms with Crippen molar-refractivity contribution in [1.29, 1.82) is 0 Å². The third-order valence-electron chi connectivity index (χ3n) is 3.19. The van der Waals surface area contributed by atoms with E-state index in [1.54, 1.807) is 13.3 Å². The van der Waals surface area contributed by atoms with Gasteiger partial charge in [-0.2, -0.15) is 0 Å². The van der Waals surface area contributed by atoms with E-state index in [9.17, 15) is 4.79 Å². The fourth-order valence-electron chi connectivity index (χ4n) is 2.23. The first-order valence-corrected chi connectivity index (χ1v) is 6.05. The van der Waals surface area contributed by atoms with Crippen LogP contribution in [0.25, 0.3) is 22.0 Å². The summed E-state index contributed by atoms with van der Waals surface area (Å²) in [5, 5.41) is 0.686. The second-order valence-corrected chi connectivity index (χ2v) is 4.28. The van der Waals surface area contributed by atoms with E-state index in [4.69, 9.17) is 4.74 Å². The van der Waals surface area contributed by atoms with E-state index >= 15 is 0 Å². The molecule has 0 radical (unpaired) electrons. The third kappa shape index (κ3) is 1.89. The second kappa shape index (κ2) is 4.61. The number of methoxy groups -OCH3 is 1. The molecule has 94 valence electrons. The lowest BCUT2D eigenvalue weighted by Crippen LogP contribution is -2.06. The molecule has 0 spiro atoms. The molecule has 3 heteroatoms. The summed E-state index contributed by atoms with van der Waals surface area (Å²) in [5.41, 5.74) is 2.28. The van der Waals surface area contributed by atoms with Crippen molar-refractivity contribution in [2.75, 3.05) is 7.11 Å². The summed E-state index contributed by atoms with van der Waals surface area (Å²) >= 11 is 0. The van der Waals surface area contributed by atoms with Crippen LogP contribution >= 0.6 is 0 Å². The van der Waals surface area contributed by atoms with Crippen molar-refractivity contribution in [3.8, 4) is 16.9 Å². The lowest BCUT2D eigenvalue weighted by atomic mass is 10.0. The monoisotopic (exact) mass is 251 g/mol. The number of ether oxygens (including phenoxy) is 1. The largest absolute Gasteiger partial charge is 0.496 e. The Morgan fingerprint density at radius 1 is 0.947 bits per heavy atom. The maximum absolute atomic E-state index is 12.5. The summed E-state index contributed by atoms with van der Waals surface area (Å²) in [6.45, 7) is 0. The molecule has 1 aromatic heterocycles. The number of hydrogen-bond acceptors (Lipinski definition) is 2. The van der Waals surface area contributed by atoms with Gasteiger partial charge < -0.3 is 9.72 Å². The first-order valence-electron chi connectivity index (χ1n) is 6.05. The van der Waals surface area contributed by atoms with E-state index in [1.807, 2.05) is 48.5 Å². The van der Waals surface area contributed by atoms with Crippen molar-refractivity contribution < 1.29 is 4.74 Å². The summed E-state index contributed by atoms with van der Waals surface area (Å²) in [7, 11) is 1.61. The van der Waals surface area contributed by atoms with E-state index in [0.29, 0.717) is 16.7 Å². The first kappa shape index (κ1) is 11.5. The van der Waals surface area contributed by atoms with Crippen LogP contribution in [0.4, 0.5) is 0 Å². The van der Waals surface area contributed by atoms with Crippen LogP contribution in [0, 0.1) is 0 Å². The van der Waals surface area contributed by atoms with Gasteiger partial charge >= 0.3 is 0 Å². The van der Waals surface area contributed by atoms with E-state index in [-0.39, 0.29) is 5.43 Å². The smallest absolute Gasteiger partial charge is 0.197 e. The average molecular weight is 251 g/mol. The highest BCUT2D eigenvalue weighted by Gasteiger charge is 2.10. The molecule has 3 aromatic rings. The molecule has 0 unspecified atom stereocenters. The molecule has 0 bridgehead atoms. The molecule has 0 fully saturated rings. The number of aromatic nitrogens is 1. The lowest BCUT2D eigenvalue weighted by Gasteiger charge is -2.08. The van der Waals surface area contributed by atoms with Crippen molar-refractivity contribution in [1.82, 2.24) is 4.98 Å². The Hall–Kier alpha value is -2.55. The quantitative estimate of drug-likeness (QED) is 0.760. The van der Waals surface area contributed by atoms with Crippen LogP contribution < -0.4 is 10.2 Å². The van der Waals surface area contributed by atoms with Gasteiger partial charge in [0.15, 0.2) is 5.43 Å². The summed E-state index contributed by atoms with van der Waals surface area (Å²) < 4.78 is 5.31. The molecule has 0 aliphatic rings. The Morgan fingerprint density at radius 3 is 2.53 bits per heavy atom. The molecule has 1 N–H and O–H groups in total. The van der Waals surface area contributed by atoms with E-state index in [0.717, 1.165) is 11.1 Å². The maximum atomic E-state index is 12.5. The highest BCUT2D eigenvalue weighted by molar-refractivity contribution is 5.84. The zero-order valence-electron chi connectivity index (χ0n) is 10.5. The minimum absolute atomic E-state index is 0.0128. The molecule has 2 aromatic carbocycles. The van der Waals surface area contributed by atoms with Crippen LogP contribution in [0.5, 0.6) is 5.75 Å². The molecule has 0 saturated heterocycles. The summed E-state index contributed by atoms with van der Waals surface area (Å²) in [4.78, 5) is 15.7.